The molecular weight excluding hydrogens is 378 g/mol. The summed E-state index contributed by atoms with van der Waals surface area (Å²) in [7, 11) is 0. The molecule has 3 rings (SSSR count). The van der Waals surface area contributed by atoms with E-state index in [0.717, 1.165) is 36.9 Å². The van der Waals surface area contributed by atoms with Gasteiger partial charge in [-0.2, -0.15) is 0 Å². The highest BCUT2D eigenvalue weighted by Gasteiger charge is 2.38. The van der Waals surface area contributed by atoms with Gasteiger partial charge in [0, 0.05) is 43.5 Å². The number of hydrogen-bond acceptors (Lipinski definition) is 2. The van der Waals surface area contributed by atoms with Gasteiger partial charge in [-0.15, -0.1) is 0 Å². The minimum Gasteiger partial charge on any atom is -0.342 e. The third-order valence-corrected chi connectivity index (χ3v) is 5.51. The lowest BCUT2D eigenvalue weighted by Gasteiger charge is -2.37. The van der Waals surface area contributed by atoms with Gasteiger partial charge in [-0.3, -0.25) is 9.69 Å². The second kappa shape index (κ2) is 7.48. The van der Waals surface area contributed by atoms with Crippen LogP contribution in [0.5, 0.6) is 0 Å². The second-order valence-electron chi connectivity index (χ2n) is 6.88. The maximum atomic E-state index is 13.3. The standard InChI is InChI=1S/C18H23BrF2N2O/c19-16-5-3-14(4-6-16)12-22-9-1-2-15(13-22)17(24)23-10-7-18(20,21)8-11-23/h3-6,15H,1-2,7-13H2. The highest BCUT2D eigenvalue weighted by atomic mass is 79.9. The largest absolute Gasteiger partial charge is 0.342 e. The summed E-state index contributed by atoms with van der Waals surface area (Å²) in [5.74, 6) is -2.59. The van der Waals surface area contributed by atoms with Crippen molar-refractivity contribution in [2.45, 2.75) is 38.2 Å². The molecule has 1 unspecified atom stereocenters. The number of piperidine rings is 2. The van der Waals surface area contributed by atoms with Crippen molar-refractivity contribution < 1.29 is 13.6 Å². The molecule has 24 heavy (non-hydrogen) atoms. The van der Waals surface area contributed by atoms with Crippen LogP contribution in [0.25, 0.3) is 0 Å². The van der Waals surface area contributed by atoms with E-state index in [1.165, 1.54) is 5.56 Å². The van der Waals surface area contributed by atoms with Gasteiger partial charge in [-0.1, -0.05) is 28.1 Å². The molecule has 1 aromatic carbocycles. The number of hydrogen-bond donors (Lipinski definition) is 0. The zero-order valence-corrected chi connectivity index (χ0v) is 15.3. The molecule has 1 aromatic rings. The predicted octanol–water partition coefficient (Wildman–Crippen LogP) is 3.92. The van der Waals surface area contributed by atoms with Crippen molar-refractivity contribution in [2.75, 3.05) is 26.2 Å². The van der Waals surface area contributed by atoms with E-state index in [0.29, 0.717) is 0 Å². The lowest BCUT2D eigenvalue weighted by molar-refractivity contribution is -0.143. The maximum Gasteiger partial charge on any atom is 0.251 e. The molecule has 0 aliphatic carbocycles. The van der Waals surface area contributed by atoms with E-state index in [9.17, 15) is 13.6 Å². The van der Waals surface area contributed by atoms with Crippen molar-refractivity contribution >= 4 is 21.8 Å². The molecule has 1 atom stereocenters. The van der Waals surface area contributed by atoms with Gasteiger partial charge < -0.3 is 4.90 Å². The van der Waals surface area contributed by atoms with Crippen LogP contribution in [0.4, 0.5) is 8.78 Å². The van der Waals surface area contributed by atoms with Gasteiger partial charge in [0.2, 0.25) is 5.91 Å². The van der Waals surface area contributed by atoms with Crippen molar-refractivity contribution in [3.8, 4) is 0 Å². The first-order chi connectivity index (χ1) is 11.4. The van der Waals surface area contributed by atoms with Crippen molar-refractivity contribution in [1.82, 2.24) is 9.80 Å². The number of amides is 1. The van der Waals surface area contributed by atoms with Crippen LogP contribution < -0.4 is 0 Å². The van der Waals surface area contributed by atoms with Crippen molar-refractivity contribution in [3.63, 3.8) is 0 Å². The summed E-state index contributed by atoms with van der Waals surface area (Å²) in [5.41, 5.74) is 1.23. The molecule has 132 valence electrons. The number of nitrogens with zero attached hydrogens (tertiary/aromatic N) is 2. The molecule has 2 aliphatic heterocycles. The molecule has 6 heteroatoms. The van der Waals surface area contributed by atoms with Crippen molar-refractivity contribution in [3.05, 3.63) is 34.3 Å². The molecule has 0 spiro atoms. The lowest BCUT2D eigenvalue weighted by atomic mass is 9.94. The fourth-order valence-corrected chi connectivity index (χ4v) is 3.83. The fourth-order valence-electron chi connectivity index (χ4n) is 3.56. The summed E-state index contributed by atoms with van der Waals surface area (Å²) in [5, 5.41) is 0. The SMILES string of the molecule is O=C(C1CCCN(Cc2ccc(Br)cc2)C1)N1CCC(F)(F)CC1. The van der Waals surface area contributed by atoms with Gasteiger partial charge >= 0.3 is 0 Å². The van der Waals surface area contributed by atoms with E-state index in [-0.39, 0.29) is 37.8 Å². The highest BCUT2D eigenvalue weighted by molar-refractivity contribution is 9.10. The number of carbonyl (C=O) groups is 1. The van der Waals surface area contributed by atoms with Gasteiger partial charge in [0.05, 0.1) is 5.92 Å². The zero-order chi connectivity index (χ0) is 17.2. The lowest BCUT2D eigenvalue weighted by Crippen LogP contribution is -2.48. The number of halogens is 3. The first kappa shape index (κ1) is 17.8. The number of likely N-dealkylation sites (tertiary alicyclic amines) is 2. The average Bonchev–Trinajstić information content (AvgIpc) is 2.57. The van der Waals surface area contributed by atoms with Crippen LogP contribution in [0, 0.1) is 5.92 Å². The van der Waals surface area contributed by atoms with Crippen LogP contribution in [-0.2, 0) is 11.3 Å². The highest BCUT2D eigenvalue weighted by Crippen LogP contribution is 2.29. The summed E-state index contributed by atoms with van der Waals surface area (Å²) >= 11 is 3.43. The Kier molecular flexibility index (Phi) is 5.55. The van der Waals surface area contributed by atoms with Gasteiger partial charge in [-0.25, -0.2) is 8.78 Å². The topological polar surface area (TPSA) is 23.6 Å². The predicted molar refractivity (Wildman–Crippen MR) is 92.9 cm³/mol. The van der Waals surface area contributed by atoms with Crippen molar-refractivity contribution in [1.29, 1.82) is 0 Å². The van der Waals surface area contributed by atoms with Crippen molar-refractivity contribution in [2.24, 2.45) is 5.92 Å². The summed E-state index contributed by atoms with van der Waals surface area (Å²) in [6.45, 7) is 2.92. The molecule has 2 saturated heterocycles. The van der Waals surface area contributed by atoms with E-state index in [1.807, 2.05) is 12.1 Å². The van der Waals surface area contributed by atoms with E-state index in [1.54, 1.807) is 4.90 Å². The Morgan fingerprint density at radius 3 is 2.50 bits per heavy atom. The number of alkyl halides is 2. The molecular formula is C18H23BrF2N2O. The molecule has 3 nitrogen and oxygen atoms in total. The van der Waals surface area contributed by atoms with E-state index >= 15 is 0 Å². The van der Waals surface area contributed by atoms with Gasteiger partial charge in [-0.05, 0) is 37.1 Å². The Morgan fingerprint density at radius 1 is 1.17 bits per heavy atom. The maximum absolute atomic E-state index is 13.3. The number of rotatable bonds is 3. The van der Waals surface area contributed by atoms with Gasteiger partial charge in [0.15, 0.2) is 0 Å². The Morgan fingerprint density at radius 2 is 1.83 bits per heavy atom. The molecule has 2 heterocycles. The van der Waals surface area contributed by atoms with Crippen LogP contribution in [-0.4, -0.2) is 47.8 Å². The van der Waals surface area contributed by atoms with Crippen LogP contribution in [0.2, 0.25) is 0 Å². The molecule has 2 fully saturated rings. The molecule has 2 aliphatic rings. The fraction of sp³-hybridized carbons (Fsp3) is 0.611. The molecule has 1 amide bonds. The molecule has 0 N–H and O–H groups in total. The van der Waals surface area contributed by atoms with E-state index < -0.39 is 5.92 Å². The Hall–Kier alpha value is -1.01. The molecule has 0 radical (unpaired) electrons. The molecule has 0 aromatic heterocycles. The minimum absolute atomic E-state index is 0.0547. The van der Waals surface area contributed by atoms with E-state index in [4.69, 9.17) is 0 Å². The zero-order valence-electron chi connectivity index (χ0n) is 13.7. The minimum atomic E-state index is -2.60. The monoisotopic (exact) mass is 400 g/mol. The summed E-state index contributed by atoms with van der Waals surface area (Å²) in [6.07, 6.45) is 1.45. The molecule has 0 saturated carbocycles. The summed E-state index contributed by atoms with van der Waals surface area (Å²) < 4.78 is 27.6. The Bertz CT molecular complexity index is 569. The van der Waals surface area contributed by atoms with Crippen LogP contribution in [0.1, 0.15) is 31.2 Å². The second-order valence-corrected chi connectivity index (χ2v) is 7.80. The van der Waals surface area contributed by atoms with Crippen LogP contribution in [0.15, 0.2) is 28.7 Å². The summed E-state index contributed by atoms with van der Waals surface area (Å²) in [6, 6.07) is 8.22. The Balaban J connectivity index is 1.55. The van der Waals surface area contributed by atoms with Gasteiger partial charge in [0.1, 0.15) is 0 Å². The third kappa shape index (κ3) is 4.54. The number of carbonyl (C=O) groups excluding carboxylic acids is 1. The Labute approximate surface area is 150 Å². The van der Waals surface area contributed by atoms with E-state index in [2.05, 4.69) is 33.0 Å². The van der Waals surface area contributed by atoms with Crippen LogP contribution >= 0.6 is 15.9 Å². The number of benzene rings is 1. The third-order valence-electron chi connectivity index (χ3n) is 4.98. The normalized spacial score (nSPS) is 24.8. The van der Waals surface area contributed by atoms with Gasteiger partial charge in [0.25, 0.3) is 5.92 Å². The summed E-state index contributed by atoms with van der Waals surface area (Å²) in [4.78, 5) is 16.6. The molecule has 0 bridgehead atoms. The first-order valence-corrected chi connectivity index (χ1v) is 9.36. The van der Waals surface area contributed by atoms with Crippen LogP contribution in [0.3, 0.4) is 0 Å². The average molecular weight is 401 g/mol. The quantitative estimate of drug-likeness (QED) is 0.767. The first-order valence-electron chi connectivity index (χ1n) is 8.56. The smallest absolute Gasteiger partial charge is 0.251 e.